The summed E-state index contributed by atoms with van der Waals surface area (Å²) in [6, 6.07) is 0. The van der Waals surface area contributed by atoms with Gasteiger partial charge in [-0.1, -0.05) is 20.3 Å². The van der Waals surface area contributed by atoms with Gasteiger partial charge in [0.05, 0.1) is 13.2 Å². The van der Waals surface area contributed by atoms with Crippen LogP contribution in [0.1, 0.15) is 45.8 Å². The standard InChI is InChI=1S/C16H24FN5O3/c1-4-6-10-9(17)8-11(25-10)22-13-12(21(7-5-2)16(22)23)14(24-3)20-15(18)19-13/h9-11H,4-8H2,1-3H3,(H2,18,19,20). The van der Waals surface area contributed by atoms with E-state index in [4.69, 9.17) is 15.2 Å². The van der Waals surface area contributed by atoms with Crippen molar-refractivity contribution in [1.29, 1.82) is 0 Å². The SMILES string of the molecule is CCCC1OC(n2c(=O)n(CCC)c3c(OC)nc(N)nc32)CC1F. The molecule has 1 aliphatic rings. The van der Waals surface area contributed by atoms with Crippen LogP contribution in [0.4, 0.5) is 10.3 Å². The summed E-state index contributed by atoms with van der Waals surface area (Å²) in [5.41, 5.74) is 6.22. The first-order valence-electron chi connectivity index (χ1n) is 8.63. The number of rotatable bonds is 6. The molecular weight excluding hydrogens is 329 g/mol. The van der Waals surface area contributed by atoms with Crippen LogP contribution < -0.4 is 16.2 Å². The molecule has 3 unspecified atom stereocenters. The Hall–Kier alpha value is -2.16. The number of aryl methyl sites for hydroxylation is 1. The second kappa shape index (κ2) is 6.99. The molecule has 0 spiro atoms. The van der Waals surface area contributed by atoms with Crippen molar-refractivity contribution in [3.05, 3.63) is 10.5 Å². The summed E-state index contributed by atoms with van der Waals surface area (Å²) < 4.78 is 28.3. The molecule has 0 radical (unpaired) electrons. The quantitative estimate of drug-likeness (QED) is 0.853. The number of alkyl halides is 1. The lowest BCUT2D eigenvalue weighted by Gasteiger charge is -2.14. The number of aromatic nitrogens is 4. The first kappa shape index (κ1) is 17.7. The molecule has 1 fully saturated rings. The number of imidazole rings is 1. The molecule has 1 aliphatic heterocycles. The van der Waals surface area contributed by atoms with Crippen LogP contribution in [0.3, 0.4) is 0 Å². The molecule has 8 nitrogen and oxygen atoms in total. The van der Waals surface area contributed by atoms with Crippen LogP contribution >= 0.6 is 0 Å². The molecule has 2 N–H and O–H groups in total. The number of nitrogens with zero attached hydrogens (tertiary/aromatic N) is 4. The highest BCUT2D eigenvalue weighted by Crippen LogP contribution is 2.35. The second-order valence-electron chi connectivity index (χ2n) is 6.24. The topological polar surface area (TPSA) is 97.2 Å². The Morgan fingerprint density at radius 1 is 1.36 bits per heavy atom. The molecule has 138 valence electrons. The second-order valence-corrected chi connectivity index (χ2v) is 6.24. The van der Waals surface area contributed by atoms with Gasteiger partial charge in [-0.05, 0) is 12.8 Å². The van der Waals surface area contributed by atoms with E-state index >= 15 is 0 Å². The van der Waals surface area contributed by atoms with E-state index < -0.39 is 18.5 Å². The predicted molar refractivity (Wildman–Crippen MR) is 91.4 cm³/mol. The van der Waals surface area contributed by atoms with Crippen molar-refractivity contribution in [2.75, 3.05) is 12.8 Å². The van der Waals surface area contributed by atoms with Crippen molar-refractivity contribution in [2.24, 2.45) is 0 Å². The van der Waals surface area contributed by atoms with E-state index in [1.54, 1.807) is 0 Å². The molecule has 1 saturated heterocycles. The average molecular weight is 353 g/mol. The van der Waals surface area contributed by atoms with Crippen molar-refractivity contribution in [2.45, 2.75) is 64.6 Å². The van der Waals surface area contributed by atoms with Gasteiger partial charge in [-0.15, -0.1) is 0 Å². The Bertz CT molecular complexity index is 818. The molecular formula is C16H24FN5O3. The van der Waals surface area contributed by atoms with Crippen LogP contribution in [0.2, 0.25) is 0 Å². The molecule has 0 bridgehead atoms. The molecule has 3 heterocycles. The number of halogens is 1. The van der Waals surface area contributed by atoms with E-state index in [1.165, 1.54) is 16.2 Å². The minimum absolute atomic E-state index is 0.00773. The highest BCUT2D eigenvalue weighted by atomic mass is 19.1. The lowest BCUT2D eigenvalue weighted by molar-refractivity contribution is -0.0119. The van der Waals surface area contributed by atoms with Gasteiger partial charge < -0.3 is 15.2 Å². The Labute approximate surface area is 144 Å². The maximum atomic E-state index is 14.3. The van der Waals surface area contributed by atoms with Crippen LogP contribution in [0.5, 0.6) is 5.88 Å². The molecule has 0 aliphatic carbocycles. The lowest BCUT2D eigenvalue weighted by atomic mass is 10.1. The summed E-state index contributed by atoms with van der Waals surface area (Å²) in [7, 11) is 1.46. The van der Waals surface area contributed by atoms with E-state index in [1.807, 2.05) is 13.8 Å². The summed E-state index contributed by atoms with van der Waals surface area (Å²) in [5.74, 6) is 0.221. The van der Waals surface area contributed by atoms with Gasteiger partial charge in [0.25, 0.3) is 0 Å². The first-order valence-corrected chi connectivity index (χ1v) is 8.63. The van der Waals surface area contributed by atoms with Crippen molar-refractivity contribution in [1.82, 2.24) is 19.1 Å². The van der Waals surface area contributed by atoms with Gasteiger partial charge in [-0.25, -0.2) is 13.8 Å². The number of fused-ring (bicyclic) bond motifs is 1. The molecule has 3 atom stereocenters. The predicted octanol–water partition coefficient (Wildman–Crippen LogP) is 2.02. The fourth-order valence-corrected chi connectivity index (χ4v) is 3.38. The first-order chi connectivity index (χ1) is 12.0. The third-order valence-corrected chi connectivity index (χ3v) is 4.45. The maximum absolute atomic E-state index is 14.3. The maximum Gasteiger partial charge on any atom is 0.332 e. The summed E-state index contributed by atoms with van der Waals surface area (Å²) in [4.78, 5) is 21.2. The van der Waals surface area contributed by atoms with E-state index in [-0.39, 0.29) is 23.9 Å². The minimum Gasteiger partial charge on any atom is -0.479 e. The number of anilines is 1. The molecule has 0 amide bonds. The van der Waals surface area contributed by atoms with Gasteiger partial charge >= 0.3 is 5.69 Å². The van der Waals surface area contributed by atoms with Crippen LogP contribution in [0.15, 0.2) is 4.79 Å². The smallest absolute Gasteiger partial charge is 0.332 e. The summed E-state index contributed by atoms with van der Waals surface area (Å²) in [5, 5.41) is 0. The zero-order valence-corrected chi connectivity index (χ0v) is 14.7. The van der Waals surface area contributed by atoms with Gasteiger partial charge in [0.2, 0.25) is 11.8 Å². The molecule has 3 rings (SSSR count). The van der Waals surface area contributed by atoms with Gasteiger partial charge in [-0.3, -0.25) is 4.57 Å². The van der Waals surface area contributed by atoms with Crippen LogP contribution in [0.25, 0.3) is 11.2 Å². The number of nitrogen functional groups attached to an aromatic ring is 1. The van der Waals surface area contributed by atoms with Crippen LogP contribution in [-0.2, 0) is 11.3 Å². The number of hydrogen-bond acceptors (Lipinski definition) is 6. The van der Waals surface area contributed by atoms with E-state index in [0.29, 0.717) is 24.1 Å². The summed E-state index contributed by atoms with van der Waals surface area (Å²) in [6.45, 7) is 4.40. The highest BCUT2D eigenvalue weighted by Gasteiger charge is 2.38. The minimum atomic E-state index is -1.11. The fourth-order valence-electron chi connectivity index (χ4n) is 3.38. The zero-order chi connectivity index (χ0) is 18.1. The zero-order valence-electron chi connectivity index (χ0n) is 14.7. The Morgan fingerprint density at radius 2 is 2.12 bits per heavy atom. The van der Waals surface area contributed by atoms with E-state index in [0.717, 1.165) is 12.8 Å². The molecule has 2 aromatic rings. The fraction of sp³-hybridized carbons (Fsp3) is 0.688. The lowest BCUT2D eigenvalue weighted by Crippen LogP contribution is -2.28. The van der Waals surface area contributed by atoms with E-state index in [2.05, 4.69) is 9.97 Å². The van der Waals surface area contributed by atoms with Gasteiger partial charge in [-0.2, -0.15) is 9.97 Å². The van der Waals surface area contributed by atoms with Crippen molar-refractivity contribution < 1.29 is 13.9 Å². The molecule has 2 aromatic heterocycles. The number of hydrogen-bond donors (Lipinski definition) is 1. The average Bonchev–Trinajstić information content (AvgIpc) is 3.06. The Morgan fingerprint density at radius 3 is 2.76 bits per heavy atom. The van der Waals surface area contributed by atoms with Crippen LogP contribution in [0, 0.1) is 0 Å². The number of methoxy groups -OCH3 is 1. The molecule has 0 saturated carbocycles. The third kappa shape index (κ3) is 2.97. The van der Waals surface area contributed by atoms with Crippen molar-refractivity contribution in [3.8, 4) is 5.88 Å². The molecule has 9 heteroatoms. The van der Waals surface area contributed by atoms with Gasteiger partial charge in [0, 0.05) is 13.0 Å². The van der Waals surface area contributed by atoms with Crippen molar-refractivity contribution in [3.63, 3.8) is 0 Å². The summed E-state index contributed by atoms with van der Waals surface area (Å²) >= 11 is 0. The normalized spacial score (nSPS) is 23.4. The number of nitrogens with two attached hydrogens (primary N) is 1. The third-order valence-electron chi connectivity index (χ3n) is 4.45. The largest absolute Gasteiger partial charge is 0.479 e. The highest BCUT2D eigenvalue weighted by molar-refractivity contribution is 5.78. The monoisotopic (exact) mass is 353 g/mol. The van der Waals surface area contributed by atoms with E-state index in [9.17, 15) is 9.18 Å². The van der Waals surface area contributed by atoms with Crippen molar-refractivity contribution >= 4 is 17.1 Å². The Kier molecular flexibility index (Phi) is 4.94. The number of ether oxygens (including phenoxy) is 2. The van der Waals surface area contributed by atoms with Crippen LogP contribution in [-0.4, -0.2) is 38.5 Å². The molecule has 25 heavy (non-hydrogen) atoms. The summed E-state index contributed by atoms with van der Waals surface area (Å²) in [6.07, 6.45) is -0.0495. The van der Waals surface area contributed by atoms with Gasteiger partial charge in [0.1, 0.15) is 12.4 Å². The molecule has 0 aromatic carbocycles. The Balaban J connectivity index is 2.17. The van der Waals surface area contributed by atoms with Gasteiger partial charge in [0.15, 0.2) is 11.2 Å².